The van der Waals surface area contributed by atoms with Crippen molar-refractivity contribution in [3.63, 3.8) is 0 Å². The molecule has 0 bridgehead atoms. The number of benzene rings is 1. The molecule has 0 fully saturated rings. The molecular formula is C11H10FO3-. The molecule has 0 heterocycles. The van der Waals surface area contributed by atoms with Gasteiger partial charge in [0.25, 0.3) is 0 Å². The number of carbonyl (C=O) groups excluding carboxylic acids is 2. The van der Waals surface area contributed by atoms with Crippen molar-refractivity contribution in [2.24, 2.45) is 5.92 Å². The van der Waals surface area contributed by atoms with Gasteiger partial charge in [-0.2, -0.15) is 0 Å². The molecule has 4 heteroatoms. The fourth-order valence-electron chi connectivity index (χ4n) is 1.12. The third-order valence-corrected chi connectivity index (χ3v) is 2.06. The summed E-state index contributed by atoms with van der Waals surface area (Å²) in [6.07, 6.45) is -0.131. The number of halogens is 1. The van der Waals surface area contributed by atoms with Crippen LogP contribution < -0.4 is 5.11 Å². The second kappa shape index (κ2) is 4.68. The minimum Gasteiger partial charge on any atom is -0.550 e. The van der Waals surface area contributed by atoms with Crippen molar-refractivity contribution in [2.45, 2.75) is 13.3 Å². The van der Waals surface area contributed by atoms with Crippen LogP contribution in [0.3, 0.4) is 0 Å². The summed E-state index contributed by atoms with van der Waals surface area (Å²) in [7, 11) is 0. The maximum absolute atomic E-state index is 12.5. The largest absolute Gasteiger partial charge is 0.550 e. The maximum Gasteiger partial charge on any atom is 0.163 e. The molecule has 0 amide bonds. The molecule has 15 heavy (non-hydrogen) atoms. The summed E-state index contributed by atoms with van der Waals surface area (Å²) in [6, 6.07) is 4.99. The van der Waals surface area contributed by atoms with Crippen LogP contribution in [0.1, 0.15) is 23.7 Å². The summed E-state index contributed by atoms with van der Waals surface area (Å²) < 4.78 is 12.5. The van der Waals surface area contributed by atoms with Crippen LogP contribution >= 0.6 is 0 Å². The quantitative estimate of drug-likeness (QED) is 0.688. The lowest BCUT2D eigenvalue weighted by Gasteiger charge is -2.10. The Bertz CT molecular complexity index is 370. The van der Waals surface area contributed by atoms with E-state index in [1.807, 2.05) is 0 Å². The van der Waals surface area contributed by atoms with Gasteiger partial charge in [-0.1, -0.05) is 6.92 Å². The average Bonchev–Trinajstić information content (AvgIpc) is 2.18. The summed E-state index contributed by atoms with van der Waals surface area (Å²) in [4.78, 5) is 21.9. The molecule has 1 rings (SSSR count). The highest BCUT2D eigenvalue weighted by Gasteiger charge is 2.11. The number of hydrogen-bond donors (Lipinski definition) is 0. The third kappa shape index (κ3) is 3.16. The highest BCUT2D eigenvalue weighted by Crippen LogP contribution is 2.10. The van der Waals surface area contributed by atoms with Gasteiger partial charge in [0.1, 0.15) is 5.82 Å². The maximum atomic E-state index is 12.5. The first-order valence-electron chi connectivity index (χ1n) is 4.50. The first-order chi connectivity index (χ1) is 7.00. The van der Waals surface area contributed by atoms with E-state index in [-0.39, 0.29) is 12.2 Å². The van der Waals surface area contributed by atoms with E-state index in [0.717, 1.165) is 12.1 Å². The molecule has 0 N–H and O–H groups in total. The second-order valence-electron chi connectivity index (χ2n) is 3.35. The summed E-state index contributed by atoms with van der Waals surface area (Å²) in [5.74, 6) is -2.85. The Balaban J connectivity index is 2.69. The number of Topliss-reactive ketones (excluding diaryl/α,β-unsaturated/α-hetero) is 1. The number of rotatable bonds is 4. The zero-order chi connectivity index (χ0) is 11.4. The number of hydrogen-bond acceptors (Lipinski definition) is 3. The first kappa shape index (κ1) is 11.4. The van der Waals surface area contributed by atoms with Crippen molar-refractivity contribution in [1.82, 2.24) is 0 Å². The van der Waals surface area contributed by atoms with Crippen LogP contribution in [0.2, 0.25) is 0 Å². The Morgan fingerprint density at radius 2 is 1.87 bits per heavy atom. The molecule has 0 aliphatic heterocycles. The minimum atomic E-state index is -1.26. The lowest BCUT2D eigenvalue weighted by atomic mass is 10.00. The van der Waals surface area contributed by atoms with Crippen LogP contribution in [0.25, 0.3) is 0 Å². The molecule has 1 aromatic rings. The van der Waals surface area contributed by atoms with E-state index in [1.54, 1.807) is 0 Å². The van der Waals surface area contributed by atoms with Gasteiger partial charge in [-0.15, -0.1) is 0 Å². The van der Waals surface area contributed by atoms with Gasteiger partial charge in [-0.25, -0.2) is 4.39 Å². The SMILES string of the molecule is C[C@H](CC(=O)c1ccc(F)cc1)C(=O)[O-]. The first-order valence-corrected chi connectivity index (χ1v) is 4.50. The van der Waals surface area contributed by atoms with Crippen LogP contribution in [0.15, 0.2) is 24.3 Å². The molecule has 0 radical (unpaired) electrons. The molecule has 0 unspecified atom stereocenters. The Labute approximate surface area is 86.5 Å². The second-order valence-corrected chi connectivity index (χ2v) is 3.35. The van der Waals surface area contributed by atoms with E-state index in [9.17, 15) is 19.1 Å². The van der Waals surface area contributed by atoms with Gasteiger partial charge in [-0.3, -0.25) is 4.79 Å². The fourth-order valence-corrected chi connectivity index (χ4v) is 1.12. The van der Waals surface area contributed by atoms with E-state index < -0.39 is 17.7 Å². The van der Waals surface area contributed by atoms with Crippen LogP contribution in [-0.4, -0.2) is 11.8 Å². The molecule has 1 aromatic carbocycles. The van der Waals surface area contributed by atoms with E-state index >= 15 is 0 Å². The molecule has 0 aliphatic carbocycles. The van der Waals surface area contributed by atoms with Crippen molar-refractivity contribution in [3.05, 3.63) is 35.6 Å². The molecule has 1 atom stereocenters. The van der Waals surface area contributed by atoms with Crippen LogP contribution in [0.4, 0.5) is 4.39 Å². The highest BCUT2D eigenvalue weighted by atomic mass is 19.1. The molecule has 0 aromatic heterocycles. The molecule has 0 saturated heterocycles. The number of carbonyl (C=O) groups is 2. The zero-order valence-electron chi connectivity index (χ0n) is 8.20. The number of aliphatic carboxylic acids is 1. The number of ketones is 1. The summed E-state index contributed by atoms with van der Waals surface area (Å²) in [5, 5.41) is 10.4. The highest BCUT2D eigenvalue weighted by molar-refractivity contribution is 5.97. The fraction of sp³-hybridized carbons (Fsp3) is 0.273. The van der Waals surface area contributed by atoms with E-state index in [4.69, 9.17) is 0 Å². The van der Waals surface area contributed by atoms with Gasteiger partial charge < -0.3 is 9.90 Å². The van der Waals surface area contributed by atoms with Gasteiger partial charge in [0, 0.05) is 23.9 Å². The average molecular weight is 209 g/mol. The summed E-state index contributed by atoms with van der Waals surface area (Å²) >= 11 is 0. The van der Waals surface area contributed by atoms with E-state index in [0.29, 0.717) is 5.56 Å². The zero-order valence-corrected chi connectivity index (χ0v) is 8.20. The molecule has 0 spiro atoms. The molecular weight excluding hydrogens is 199 g/mol. The smallest absolute Gasteiger partial charge is 0.163 e. The van der Waals surface area contributed by atoms with Crippen molar-refractivity contribution < 1.29 is 19.1 Å². The molecule has 80 valence electrons. The third-order valence-electron chi connectivity index (χ3n) is 2.06. The van der Waals surface area contributed by atoms with Crippen molar-refractivity contribution >= 4 is 11.8 Å². The van der Waals surface area contributed by atoms with E-state index in [2.05, 4.69) is 0 Å². The molecule has 0 aliphatic rings. The minimum absolute atomic E-state index is 0.131. The topological polar surface area (TPSA) is 57.2 Å². The van der Waals surface area contributed by atoms with E-state index in [1.165, 1.54) is 19.1 Å². The Kier molecular flexibility index (Phi) is 3.55. The van der Waals surface area contributed by atoms with Gasteiger partial charge in [-0.05, 0) is 24.3 Å². The molecule has 3 nitrogen and oxygen atoms in total. The molecule has 0 saturated carbocycles. The van der Waals surface area contributed by atoms with Gasteiger partial charge in [0.2, 0.25) is 0 Å². The Morgan fingerprint density at radius 3 is 2.33 bits per heavy atom. The Morgan fingerprint density at radius 1 is 1.33 bits per heavy atom. The predicted octanol–water partition coefficient (Wildman–Crippen LogP) is 0.784. The summed E-state index contributed by atoms with van der Waals surface area (Å²) in [5.41, 5.74) is 0.310. The standard InChI is InChI=1S/C11H11FO3/c1-7(11(14)15)6-10(13)8-2-4-9(12)5-3-8/h2-5,7H,6H2,1H3,(H,14,15)/p-1/t7-/m1/s1. The van der Waals surface area contributed by atoms with Crippen LogP contribution in [0.5, 0.6) is 0 Å². The van der Waals surface area contributed by atoms with Crippen molar-refractivity contribution in [1.29, 1.82) is 0 Å². The number of carboxylic acids is 1. The summed E-state index contributed by atoms with van der Waals surface area (Å²) in [6.45, 7) is 1.40. The lowest BCUT2D eigenvalue weighted by Crippen LogP contribution is -2.30. The monoisotopic (exact) mass is 209 g/mol. The van der Waals surface area contributed by atoms with Crippen molar-refractivity contribution in [2.75, 3.05) is 0 Å². The van der Waals surface area contributed by atoms with Gasteiger partial charge in [0.15, 0.2) is 5.78 Å². The van der Waals surface area contributed by atoms with Crippen LogP contribution in [-0.2, 0) is 4.79 Å². The van der Waals surface area contributed by atoms with Crippen LogP contribution in [0, 0.1) is 11.7 Å². The van der Waals surface area contributed by atoms with Gasteiger partial charge in [0.05, 0.1) is 0 Å². The van der Waals surface area contributed by atoms with Crippen molar-refractivity contribution in [3.8, 4) is 0 Å². The number of carboxylic acid groups (broad SMARTS) is 1. The normalized spacial score (nSPS) is 12.1. The lowest BCUT2D eigenvalue weighted by molar-refractivity contribution is -0.310. The predicted molar refractivity (Wildman–Crippen MR) is 49.5 cm³/mol. The van der Waals surface area contributed by atoms with Gasteiger partial charge >= 0.3 is 0 Å². The Hall–Kier alpha value is -1.71.